The van der Waals surface area contributed by atoms with E-state index in [1.54, 1.807) is 24.4 Å². The molecule has 2 aromatic heterocycles. The number of halogens is 1. The van der Waals surface area contributed by atoms with Gasteiger partial charge in [-0.1, -0.05) is 6.07 Å². The van der Waals surface area contributed by atoms with E-state index in [0.717, 1.165) is 18.9 Å². The number of nitrogens with zero attached hydrogens (tertiary/aromatic N) is 2. The summed E-state index contributed by atoms with van der Waals surface area (Å²) in [7, 11) is -3.98. The number of hydrogen-bond donors (Lipinski definition) is 3. The molecular weight excluding hydrogens is 473 g/mol. The van der Waals surface area contributed by atoms with Crippen LogP contribution < -0.4 is 10.6 Å². The number of hydrogen-bond acceptors (Lipinski definition) is 7. The van der Waals surface area contributed by atoms with Gasteiger partial charge in [0.15, 0.2) is 5.82 Å². The predicted molar refractivity (Wildman–Crippen MR) is 128 cm³/mol. The molecule has 0 aliphatic carbocycles. The first-order valence-electron chi connectivity index (χ1n) is 11.0. The smallest absolute Gasteiger partial charge is 0.260 e. The lowest BCUT2D eigenvalue weighted by molar-refractivity contribution is 0.0903. The van der Waals surface area contributed by atoms with Crippen molar-refractivity contribution in [3.63, 3.8) is 0 Å². The fourth-order valence-corrected chi connectivity index (χ4v) is 5.26. The number of fused-ring (bicyclic) bond motifs is 1. The van der Waals surface area contributed by atoms with Crippen molar-refractivity contribution in [2.24, 2.45) is 0 Å². The molecule has 0 bridgehead atoms. The van der Waals surface area contributed by atoms with Crippen molar-refractivity contribution in [1.29, 1.82) is 0 Å². The first-order valence-corrected chi connectivity index (χ1v) is 12.5. The summed E-state index contributed by atoms with van der Waals surface area (Å²) in [6.07, 6.45) is 3.22. The predicted octanol–water partition coefficient (Wildman–Crippen LogP) is 3.77. The number of nitrogens with one attached hydrogen (secondary N) is 3. The van der Waals surface area contributed by atoms with Crippen molar-refractivity contribution < 1.29 is 22.3 Å². The summed E-state index contributed by atoms with van der Waals surface area (Å²) < 4.78 is 45.1. The van der Waals surface area contributed by atoms with E-state index < -0.39 is 21.6 Å². The highest BCUT2D eigenvalue weighted by molar-refractivity contribution is 7.91. The molecule has 3 N–H and O–H groups in total. The van der Waals surface area contributed by atoms with E-state index in [4.69, 9.17) is 4.74 Å². The zero-order chi connectivity index (χ0) is 24.4. The summed E-state index contributed by atoms with van der Waals surface area (Å²) in [5.74, 6) is -0.474. The van der Waals surface area contributed by atoms with Crippen LogP contribution in [0.25, 0.3) is 10.9 Å². The molecule has 2 aromatic carbocycles. The minimum Gasteiger partial charge on any atom is -0.381 e. The van der Waals surface area contributed by atoms with Crippen LogP contribution in [-0.4, -0.2) is 48.8 Å². The second-order valence-electron chi connectivity index (χ2n) is 8.13. The van der Waals surface area contributed by atoms with Crippen LogP contribution in [0.4, 0.5) is 16.0 Å². The third-order valence-corrected chi connectivity index (χ3v) is 7.55. The lowest BCUT2D eigenvalue weighted by Crippen LogP contribution is -2.29. The van der Waals surface area contributed by atoms with Crippen molar-refractivity contribution in [3.05, 3.63) is 72.2 Å². The Morgan fingerprint density at radius 3 is 2.63 bits per heavy atom. The number of rotatable bonds is 6. The Morgan fingerprint density at radius 1 is 1.03 bits per heavy atom. The normalized spacial score (nSPS) is 14.7. The van der Waals surface area contributed by atoms with Crippen LogP contribution in [0.1, 0.15) is 23.2 Å². The number of ether oxygens (including phenoxy) is 1. The van der Waals surface area contributed by atoms with Gasteiger partial charge in [-0.25, -0.2) is 17.8 Å². The molecule has 4 aromatic rings. The summed E-state index contributed by atoms with van der Waals surface area (Å²) in [5, 5.41) is 13.4. The quantitative estimate of drug-likeness (QED) is 0.372. The van der Waals surface area contributed by atoms with Crippen LogP contribution in [0.3, 0.4) is 0 Å². The van der Waals surface area contributed by atoms with Crippen molar-refractivity contribution in [1.82, 2.24) is 15.2 Å². The Bertz CT molecular complexity index is 1500. The molecule has 5 rings (SSSR count). The van der Waals surface area contributed by atoms with Gasteiger partial charge in [0.25, 0.3) is 5.91 Å². The summed E-state index contributed by atoms with van der Waals surface area (Å²) in [5.41, 5.74) is 0.865. The van der Waals surface area contributed by atoms with Crippen LogP contribution in [0, 0.1) is 5.82 Å². The maximum absolute atomic E-state index is 13.6. The van der Waals surface area contributed by atoms with E-state index in [-0.39, 0.29) is 21.7 Å². The van der Waals surface area contributed by atoms with Crippen molar-refractivity contribution in [2.45, 2.75) is 28.7 Å². The van der Waals surface area contributed by atoms with E-state index in [2.05, 4.69) is 25.8 Å². The Labute approximate surface area is 200 Å². The van der Waals surface area contributed by atoms with Crippen LogP contribution in [-0.2, 0) is 14.6 Å². The molecule has 0 atom stereocenters. The number of H-pyrrole nitrogens is 1. The average molecular weight is 496 g/mol. The van der Waals surface area contributed by atoms with E-state index in [1.165, 1.54) is 30.3 Å². The van der Waals surface area contributed by atoms with Gasteiger partial charge in [-0.05, 0) is 61.4 Å². The largest absolute Gasteiger partial charge is 0.381 e. The second kappa shape index (κ2) is 9.43. The highest BCUT2D eigenvalue weighted by Crippen LogP contribution is 2.28. The summed E-state index contributed by atoms with van der Waals surface area (Å²) in [6, 6.07) is 12.6. The van der Waals surface area contributed by atoms with E-state index in [9.17, 15) is 17.6 Å². The van der Waals surface area contributed by atoms with Gasteiger partial charge in [0.05, 0.1) is 20.9 Å². The van der Waals surface area contributed by atoms with Gasteiger partial charge >= 0.3 is 0 Å². The number of aromatic amines is 1. The third-order valence-electron chi connectivity index (χ3n) is 5.80. The van der Waals surface area contributed by atoms with Gasteiger partial charge in [-0.2, -0.15) is 5.10 Å². The highest BCUT2D eigenvalue weighted by atomic mass is 32.2. The maximum Gasteiger partial charge on any atom is 0.260 e. The minimum atomic E-state index is -3.98. The fourth-order valence-electron chi connectivity index (χ4n) is 3.94. The number of sulfone groups is 1. The van der Waals surface area contributed by atoms with E-state index in [1.807, 2.05) is 0 Å². The third kappa shape index (κ3) is 4.73. The average Bonchev–Trinajstić information content (AvgIpc) is 3.27. The summed E-state index contributed by atoms with van der Waals surface area (Å²) in [4.78, 5) is 17.2. The molecule has 9 nitrogen and oxygen atoms in total. The molecule has 1 aliphatic rings. The molecule has 11 heteroatoms. The van der Waals surface area contributed by atoms with Gasteiger partial charge < -0.3 is 15.4 Å². The second-order valence-corrected chi connectivity index (χ2v) is 10.1. The molecule has 1 aliphatic heterocycles. The van der Waals surface area contributed by atoms with Crippen LogP contribution in [0.15, 0.2) is 70.6 Å². The van der Waals surface area contributed by atoms with Gasteiger partial charge in [-0.15, -0.1) is 0 Å². The standard InChI is InChI=1S/C24H22FN5O4S/c25-15-3-1-4-17(13-15)35(32,33)18-6-7-21-20(14-18)23(30-29-21)28-24(31)19-5-2-10-26-22(19)27-16-8-11-34-12-9-16/h1-7,10,13-14,16H,8-9,11-12H2,(H,26,27)(H2,28,29,30,31). The molecule has 35 heavy (non-hydrogen) atoms. The Kier molecular flexibility index (Phi) is 6.18. The first kappa shape index (κ1) is 22.9. The Hall–Kier alpha value is -3.83. The summed E-state index contributed by atoms with van der Waals surface area (Å²) in [6.45, 7) is 1.29. The lowest BCUT2D eigenvalue weighted by Gasteiger charge is -2.24. The zero-order valence-corrected chi connectivity index (χ0v) is 19.3. The Balaban J connectivity index is 1.43. The number of amides is 1. The number of anilines is 2. The number of carbonyl (C=O) groups excluding carboxylic acids is 1. The SMILES string of the molecule is O=C(Nc1n[nH]c2ccc(S(=O)(=O)c3cccc(F)c3)cc12)c1cccnc1NC1CCOCC1. The Morgan fingerprint density at radius 2 is 1.83 bits per heavy atom. The van der Waals surface area contributed by atoms with Gasteiger partial charge in [0.1, 0.15) is 11.6 Å². The van der Waals surface area contributed by atoms with Gasteiger partial charge in [0, 0.05) is 30.8 Å². The van der Waals surface area contributed by atoms with Crippen LogP contribution in [0.5, 0.6) is 0 Å². The van der Waals surface area contributed by atoms with Crippen molar-refractivity contribution in [2.75, 3.05) is 23.8 Å². The van der Waals surface area contributed by atoms with Gasteiger partial charge in [0.2, 0.25) is 9.84 Å². The zero-order valence-electron chi connectivity index (χ0n) is 18.5. The van der Waals surface area contributed by atoms with E-state index >= 15 is 0 Å². The van der Waals surface area contributed by atoms with Crippen LogP contribution >= 0.6 is 0 Å². The number of carbonyl (C=O) groups is 1. The minimum absolute atomic E-state index is 0.0456. The molecule has 1 saturated heterocycles. The van der Waals surface area contributed by atoms with Crippen molar-refractivity contribution in [3.8, 4) is 0 Å². The molecule has 0 unspecified atom stereocenters. The molecule has 0 spiro atoms. The highest BCUT2D eigenvalue weighted by Gasteiger charge is 2.22. The first-order chi connectivity index (χ1) is 16.9. The summed E-state index contributed by atoms with van der Waals surface area (Å²) >= 11 is 0. The molecule has 180 valence electrons. The monoisotopic (exact) mass is 495 g/mol. The lowest BCUT2D eigenvalue weighted by atomic mass is 10.1. The molecule has 0 saturated carbocycles. The molecule has 1 amide bonds. The van der Waals surface area contributed by atoms with Crippen LogP contribution in [0.2, 0.25) is 0 Å². The molecule has 1 fully saturated rings. The molecule has 0 radical (unpaired) electrons. The number of benzene rings is 2. The number of pyridine rings is 1. The maximum atomic E-state index is 13.6. The number of aromatic nitrogens is 3. The van der Waals surface area contributed by atoms with Crippen molar-refractivity contribution >= 4 is 38.3 Å². The van der Waals surface area contributed by atoms with E-state index in [0.29, 0.717) is 35.5 Å². The van der Waals surface area contributed by atoms with Gasteiger partial charge in [-0.3, -0.25) is 9.89 Å². The topological polar surface area (TPSA) is 126 Å². The fraction of sp³-hybridized carbons (Fsp3) is 0.208. The molecular formula is C24H22FN5O4S. The molecule has 3 heterocycles.